The molecule has 0 bridgehead atoms. The lowest BCUT2D eigenvalue weighted by Gasteiger charge is -2.11. The molecule has 0 aromatic heterocycles. The molecular weight excluding hydrogens is 286 g/mol. The van der Waals surface area contributed by atoms with Crippen molar-refractivity contribution in [2.24, 2.45) is 0 Å². The summed E-state index contributed by atoms with van der Waals surface area (Å²) in [6.07, 6.45) is 0.335. The summed E-state index contributed by atoms with van der Waals surface area (Å²) in [6, 6.07) is 20.0. The van der Waals surface area contributed by atoms with E-state index in [1.807, 2.05) is 49.4 Å². The van der Waals surface area contributed by atoms with E-state index in [2.05, 4.69) is 23.5 Å². The number of rotatable bonds is 4. The first-order chi connectivity index (χ1) is 11.2. The fraction of sp³-hybridized carbons (Fsp3) is 0.150. The van der Waals surface area contributed by atoms with E-state index in [9.17, 15) is 4.79 Å². The molecule has 0 radical (unpaired) electrons. The van der Waals surface area contributed by atoms with Gasteiger partial charge in [-0.05, 0) is 41.0 Å². The van der Waals surface area contributed by atoms with Crippen molar-refractivity contribution < 1.29 is 9.53 Å². The van der Waals surface area contributed by atoms with Crippen LogP contribution in [0.2, 0.25) is 0 Å². The molecule has 23 heavy (non-hydrogen) atoms. The van der Waals surface area contributed by atoms with Crippen molar-refractivity contribution in [3.63, 3.8) is 0 Å². The topological polar surface area (TPSA) is 38.3 Å². The molecule has 0 unspecified atom stereocenters. The number of carbonyl (C=O) groups is 1. The summed E-state index contributed by atoms with van der Waals surface area (Å²) in [5, 5.41) is 5.26. The van der Waals surface area contributed by atoms with Crippen molar-refractivity contribution in [2.45, 2.75) is 13.3 Å². The summed E-state index contributed by atoms with van der Waals surface area (Å²) >= 11 is 0. The standard InChI is InChI=1S/C20H19NO2/c1-14-7-10-19(23-2)18(11-14)21-20(22)13-15-8-9-16-5-3-4-6-17(16)12-15/h3-12H,13H2,1-2H3,(H,21,22). The summed E-state index contributed by atoms with van der Waals surface area (Å²) in [5.41, 5.74) is 2.78. The SMILES string of the molecule is COc1ccc(C)cc1NC(=O)Cc1ccc2ccccc2c1. The zero-order valence-electron chi connectivity index (χ0n) is 13.3. The Kier molecular flexibility index (Phi) is 4.29. The molecular formula is C20H19NO2. The number of fused-ring (bicyclic) bond motifs is 1. The first-order valence-corrected chi connectivity index (χ1v) is 7.58. The maximum absolute atomic E-state index is 12.3. The first kappa shape index (κ1) is 15.1. The van der Waals surface area contributed by atoms with E-state index < -0.39 is 0 Å². The predicted octanol–water partition coefficient (Wildman–Crippen LogP) is 4.34. The van der Waals surface area contributed by atoms with Crippen LogP contribution in [0.4, 0.5) is 5.69 Å². The second-order valence-electron chi connectivity index (χ2n) is 5.61. The number of carbonyl (C=O) groups excluding carboxylic acids is 1. The van der Waals surface area contributed by atoms with Crippen LogP contribution in [0.25, 0.3) is 10.8 Å². The first-order valence-electron chi connectivity index (χ1n) is 7.58. The normalized spacial score (nSPS) is 10.5. The van der Waals surface area contributed by atoms with Gasteiger partial charge in [0, 0.05) is 0 Å². The predicted molar refractivity (Wildman–Crippen MR) is 94.0 cm³/mol. The van der Waals surface area contributed by atoms with Crippen molar-refractivity contribution in [1.82, 2.24) is 0 Å². The average molecular weight is 305 g/mol. The van der Waals surface area contributed by atoms with E-state index in [4.69, 9.17) is 4.74 Å². The fourth-order valence-electron chi connectivity index (χ4n) is 2.65. The van der Waals surface area contributed by atoms with Gasteiger partial charge in [0.2, 0.25) is 5.91 Å². The molecule has 0 atom stereocenters. The van der Waals surface area contributed by atoms with Gasteiger partial charge >= 0.3 is 0 Å². The molecule has 0 aliphatic heterocycles. The largest absolute Gasteiger partial charge is 0.495 e. The second-order valence-corrected chi connectivity index (χ2v) is 5.61. The van der Waals surface area contributed by atoms with Crippen LogP contribution < -0.4 is 10.1 Å². The van der Waals surface area contributed by atoms with Gasteiger partial charge in [-0.1, -0.05) is 48.5 Å². The maximum atomic E-state index is 12.3. The van der Waals surface area contributed by atoms with Crippen molar-refractivity contribution in [2.75, 3.05) is 12.4 Å². The van der Waals surface area contributed by atoms with Gasteiger partial charge in [-0.15, -0.1) is 0 Å². The molecule has 0 fully saturated rings. The zero-order chi connectivity index (χ0) is 16.2. The van der Waals surface area contributed by atoms with E-state index >= 15 is 0 Å². The van der Waals surface area contributed by atoms with Crippen molar-refractivity contribution in [1.29, 1.82) is 0 Å². The highest BCUT2D eigenvalue weighted by Crippen LogP contribution is 2.25. The fourth-order valence-corrected chi connectivity index (χ4v) is 2.65. The molecule has 0 saturated carbocycles. The van der Waals surface area contributed by atoms with E-state index in [1.54, 1.807) is 7.11 Å². The van der Waals surface area contributed by atoms with Gasteiger partial charge in [-0.25, -0.2) is 0 Å². The molecule has 3 aromatic carbocycles. The van der Waals surface area contributed by atoms with Gasteiger partial charge in [0.25, 0.3) is 0 Å². The molecule has 116 valence electrons. The van der Waals surface area contributed by atoms with Gasteiger partial charge < -0.3 is 10.1 Å². The monoisotopic (exact) mass is 305 g/mol. The van der Waals surface area contributed by atoms with Crippen LogP contribution >= 0.6 is 0 Å². The Bertz CT molecular complexity index is 855. The van der Waals surface area contributed by atoms with Crippen LogP contribution in [0, 0.1) is 6.92 Å². The van der Waals surface area contributed by atoms with Crippen LogP contribution in [0.15, 0.2) is 60.7 Å². The van der Waals surface area contributed by atoms with Crippen LogP contribution in [0.5, 0.6) is 5.75 Å². The minimum atomic E-state index is -0.0517. The minimum Gasteiger partial charge on any atom is -0.495 e. The van der Waals surface area contributed by atoms with E-state index in [0.717, 1.165) is 16.5 Å². The highest BCUT2D eigenvalue weighted by atomic mass is 16.5. The van der Waals surface area contributed by atoms with Gasteiger partial charge in [0.1, 0.15) is 5.75 Å². The smallest absolute Gasteiger partial charge is 0.228 e. The lowest BCUT2D eigenvalue weighted by atomic mass is 10.0. The average Bonchev–Trinajstić information content (AvgIpc) is 2.55. The van der Waals surface area contributed by atoms with Crippen LogP contribution in [0.1, 0.15) is 11.1 Å². The molecule has 0 heterocycles. The maximum Gasteiger partial charge on any atom is 0.228 e. The Labute approximate surface area is 135 Å². The number of methoxy groups -OCH3 is 1. The number of nitrogens with one attached hydrogen (secondary N) is 1. The van der Waals surface area contributed by atoms with Gasteiger partial charge in [-0.3, -0.25) is 4.79 Å². The third-order valence-electron chi connectivity index (χ3n) is 3.81. The molecule has 1 amide bonds. The number of amides is 1. The highest BCUT2D eigenvalue weighted by Gasteiger charge is 2.09. The Morgan fingerprint density at radius 2 is 1.78 bits per heavy atom. The lowest BCUT2D eigenvalue weighted by molar-refractivity contribution is -0.115. The van der Waals surface area contributed by atoms with E-state index in [-0.39, 0.29) is 5.91 Å². The number of anilines is 1. The van der Waals surface area contributed by atoms with Gasteiger partial charge in [0.15, 0.2) is 0 Å². The lowest BCUT2D eigenvalue weighted by Crippen LogP contribution is -2.15. The Hall–Kier alpha value is -2.81. The second kappa shape index (κ2) is 6.53. The molecule has 3 heteroatoms. The number of ether oxygens (including phenoxy) is 1. The quantitative estimate of drug-likeness (QED) is 0.778. The molecule has 3 aromatic rings. The molecule has 3 rings (SSSR count). The Morgan fingerprint density at radius 3 is 2.57 bits per heavy atom. The molecule has 0 aliphatic rings. The zero-order valence-corrected chi connectivity index (χ0v) is 13.3. The minimum absolute atomic E-state index is 0.0517. The molecule has 0 aliphatic carbocycles. The van der Waals surface area contributed by atoms with Gasteiger partial charge in [0.05, 0.1) is 19.2 Å². The molecule has 0 spiro atoms. The summed E-state index contributed by atoms with van der Waals surface area (Å²) in [4.78, 5) is 12.3. The third kappa shape index (κ3) is 3.51. The number of hydrogen-bond acceptors (Lipinski definition) is 2. The Balaban J connectivity index is 1.77. The van der Waals surface area contributed by atoms with E-state index in [1.165, 1.54) is 5.39 Å². The van der Waals surface area contributed by atoms with Crippen LogP contribution in [-0.2, 0) is 11.2 Å². The van der Waals surface area contributed by atoms with Crippen molar-refractivity contribution in [3.05, 3.63) is 71.8 Å². The van der Waals surface area contributed by atoms with Crippen LogP contribution in [-0.4, -0.2) is 13.0 Å². The molecule has 1 N–H and O–H groups in total. The summed E-state index contributed by atoms with van der Waals surface area (Å²) in [7, 11) is 1.60. The van der Waals surface area contributed by atoms with E-state index in [0.29, 0.717) is 17.9 Å². The Morgan fingerprint density at radius 1 is 1.00 bits per heavy atom. The van der Waals surface area contributed by atoms with Crippen molar-refractivity contribution >= 4 is 22.4 Å². The number of hydrogen-bond donors (Lipinski definition) is 1. The number of benzene rings is 3. The number of aryl methyl sites for hydroxylation is 1. The molecule has 0 saturated heterocycles. The van der Waals surface area contributed by atoms with Crippen LogP contribution in [0.3, 0.4) is 0 Å². The summed E-state index contributed by atoms with van der Waals surface area (Å²) in [6.45, 7) is 1.98. The van der Waals surface area contributed by atoms with Crippen molar-refractivity contribution in [3.8, 4) is 5.75 Å². The summed E-state index contributed by atoms with van der Waals surface area (Å²) in [5.74, 6) is 0.617. The third-order valence-corrected chi connectivity index (χ3v) is 3.81. The summed E-state index contributed by atoms with van der Waals surface area (Å²) < 4.78 is 5.29. The highest BCUT2D eigenvalue weighted by molar-refractivity contribution is 5.94. The molecule has 3 nitrogen and oxygen atoms in total. The van der Waals surface area contributed by atoms with Gasteiger partial charge in [-0.2, -0.15) is 0 Å².